The standard InChI is InChI=1S/C12H18ClNO2/c1-9(14)12(16-7-6-15-2)10-4-3-5-11(13)8-10/h3-5,8-9,12H,6-7,14H2,1-2H3. The molecule has 1 aromatic carbocycles. The topological polar surface area (TPSA) is 44.5 Å². The van der Waals surface area contributed by atoms with Gasteiger partial charge in [-0.1, -0.05) is 23.7 Å². The minimum Gasteiger partial charge on any atom is -0.382 e. The van der Waals surface area contributed by atoms with Crippen LogP contribution in [0.5, 0.6) is 0 Å². The highest BCUT2D eigenvalue weighted by atomic mass is 35.5. The minimum absolute atomic E-state index is 0.0877. The fraction of sp³-hybridized carbons (Fsp3) is 0.500. The van der Waals surface area contributed by atoms with Gasteiger partial charge in [0.05, 0.1) is 19.3 Å². The van der Waals surface area contributed by atoms with E-state index in [1.165, 1.54) is 0 Å². The van der Waals surface area contributed by atoms with E-state index in [4.69, 9.17) is 26.8 Å². The SMILES string of the molecule is COCCOC(c1cccc(Cl)c1)C(C)N. The van der Waals surface area contributed by atoms with Gasteiger partial charge >= 0.3 is 0 Å². The average Bonchev–Trinajstić information content (AvgIpc) is 2.24. The van der Waals surface area contributed by atoms with Crippen molar-refractivity contribution >= 4 is 11.6 Å². The molecule has 90 valence electrons. The molecule has 16 heavy (non-hydrogen) atoms. The summed E-state index contributed by atoms with van der Waals surface area (Å²) in [5.41, 5.74) is 6.89. The lowest BCUT2D eigenvalue weighted by atomic mass is 10.0. The van der Waals surface area contributed by atoms with Crippen LogP contribution in [0, 0.1) is 0 Å². The van der Waals surface area contributed by atoms with Gasteiger partial charge in [0, 0.05) is 18.2 Å². The highest BCUT2D eigenvalue weighted by Crippen LogP contribution is 2.23. The number of benzene rings is 1. The molecule has 0 heterocycles. The van der Waals surface area contributed by atoms with Crippen LogP contribution in [0.15, 0.2) is 24.3 Å². The molecule has 0 aromatic heterocycles. The molecular weight excluding hydrogens is 226 g/mol. The van der Waals surface area contributed by atoms with E-state index in [0.717, 1.165) is 5.56 Å². The third kappa shape index (κ3) is 4.10. The molecule has 0 fully saturated rings. The van der Waals surface area contributed by atoms with Crippen LogP contribution in [0.4, 0.5) is 0 Å². The highest BCUT2D eigenvalue weighted by molar-refractivity contribution is 6.30. The van der Waals surface area contributed by atoms with Gasteiger partial charge in [0.25, 0.3) is 0 Å². The predicted octanol–water partition coefficient (Wildman–Crippen LogP) is 2.39. The first kappa shape index (κ1) is 13.5. The number of methoxy groups -OCH3 is 1. The summed E-state index contributed by atoms with van der Waals surface area (Å²) in [5.74, 6) is 0. The Balaban J connectivity index is 2.69. The van der Waals surface area contributed by atoms with E-state index in [1.807, 2.05) is 31.2 Å². The fourth-order valence-corrected chi connectivity index (χ4v) is 1.69. The van der Waals surface area contributed by atoms with Crippen LogP contribution in [0.25, 0.3) is 0 Å². The molecule has 0 amide bonds. The van der Waals surface area contributed by atoms with Crippen LogP contribution in [0.1, 0.15) is 18.6 Å². The van der Waals surface area contributed by atoms with E-state index in [0.29, 0.717) is 18.2 Å². The Morgan fingerprint density at radius 3 is 2.69 bits per heavy atom. The fourth-order valence-electron chi connectivity index (χ4n) is 1.49. The van der Waals surface area contributed by atoms with Crippen LogP contribution in [0.2, 0.25) is 5.02 Å². The summed E-state index contributed by atoms with van der Waals surface area (Å²) in [7, 11) is 1.64. The maximum atomic E-state index is 5.93. The molecule has 0 bridgehead atoms. The molecule has 1 aromatic rings. The minimum atomic E-state index is -0.145. The quantitative estimate of drug-likeness (QED) is 0.781. The van der Waals surface area contributed by atoms with Gasteiger partial charge in [0.1, 0.15) is 0 Å². The van der Waals surface area contributed by atoms with Crippen molar-refractivity contribution in [3.63, 3.8) is 0 Å². The average molecular weight is 244 g/mol. The monoisotopic (exact) mass is 243 g/mol. The predicted molar refractivity (Wildman–Crippen MR) is 65.7 cm³/mol. The number of nitrogens with two attached hydrogens (primary N) is 1. The normalized spacial score (nSPS) is 14.8. The second kappa shape index (κ2) is 6.86. The smallest absolute Gasteiger partial charge is 0.0974 e. The largest absolute Gasteiger partial charge is 0.382 e. The number of hydrogen-bond donors (Lipinski definition) is 1. The summed E-state index contributed by atoms with van der Waals surface area (Å²) < 4.78 is 10.6. The zero-order valence-corrected chi connectivity index (χ0v) is 10.4. The first-order chi connectivity index (χ1) is 7.65. The number of ether oxygens (including phenoxy) is 2. The lowest BCUT2D eigenvalue weighted by Crippen LogP contribution is -2.28. The molecule has 4 heteroatoms. The molecule has 0 saturated carbocycles. The third-order valence-corrected chi connectivity index (χ3v) is 2.47. The molecule has 2 unspecified atom stereocenters. The molecule has 3 nitrogen and oxygen atoms in total. The van der Waals surface area contributed by atoms with E-state index >= 15 is 0 Å². The van der Waals surface area contributed by atoms with E-state index in [9.17, 15) is 0 Å². The molecule has 0 aliphatic carbocycles. The number of hydrogen-bond acceptors (Lipinski definition) is 3. The second-order valence-corrected chi connectivity index (χ2v) is 4.13. The van der Waals surface area contributed by atoms with Gasteiger partial charge in [0.2, 0.25) is 0 Å². The van der Waals surface area contributed by atoms with E-state index in [2.05, 4.69) is 0 Å². The summed E-state index contributed by atoms with van der Waals surface area (Å²) in [6, 6.07) is 7.48. The van der Waals surface area contributed by atoms with Crippen molar-refractivity contribution in [2.75, 3.05) is 20.3 Å². The Kier molecular flexibility index (Phi) is 5.77. The summed E-state index contributed by atoms with van der Waals surface area (Å²) in [4.78, 5) is 0. The first-order valence-electron chi connectivity index (χ1n) is 5.26. The van der Waals surface area contributed by atoms with Gasteiger partial charge in [-0.3, -0.25) is 0 Å². The van der Waals surface area contributed by atoms with Crippen LogP contribution in [0.3, 0.4) is 0 Å². The van der Waals surface area contributed by atoms with E-state index in [-0.39, 0.29) is 12.1 Å². The van der Waals surface area contributed by atoms with E-state index < -0.39 is 0 Å². The Morgan fingerprint density at radius 1 is 1.38 bits per heavy atom. The first-order valence-corrected chi connectivity index (χ1v) is 5.64. The van der Waals surface area contributed by atoms with Crippen molar-refractivity contribution < 1.29 is 9.47 Å². The molecule has 0 saturated heterocycles. The Hall–Kier alpha value is -0.610. The molecule has 0 aliphatic heterocycles. The van der Waals surface area contributed by atoms with Gasteiger partial charge in [-0.25, -0.2) is 0 Å². The van der Waals surface area contributed by atoms with E-state index in [1.54, 1.807) is 7.11 Å². The van der Waals surface area contributed by atoms with Crippen molar-refractivity contribution in [2.45, 2.75) is 19.1 Å². The maximum absolute atomic E-state index is 5.93. The van der Waals surface area contributed by atoms with Crippen LogP contribution in [-0.2, 0) is 9.47 Å². The van der Waals surface area contributed by atoms with Crippen molar-refractivity contribution in [2.24, 2.45) is 5.73 Å². The zero-order chi connectivity index (χ0) is 12.0. The van der Waals surface area contributed by atoms with Gasteiger partial charge in [-0.2, -0.15) is 0 Å². The Bertz CT molecular complexity index is 318. The molecule has 0 radical (unpaired) electrons. The summed E-state index contributed by atoms with van der Waals surface area (Å²) in [6.07, 6.45) is -0.145. The van der Waals surface area contributed by atoms with Gasteiger partial charge in [-0.15, -0.1) is 0 Å². The lowest BCUT2D eigenvalue weighted by Gasteiger charge is -2.22. The number of rotatable bonds is 6. The molecule has 2 atom stereocenters. The van der Waals surface area contributed by atoms with Gasteiger partial charge in [-0.05, 0) is 24.6 Å². The van der Waals surface area contributed by atoms with Gasteiger partial charge < -0.3 is 15.2 Å². The highest BCUT2D eigenvalue weighted by Gasteiger charge is 2.16. The second-order valence-electron chi connectivity index (χ2n) is 3.70. The zero-order valence-electron chi connectivity index (χ0n) is 9.65. The lowest BCUT2D eigenvalue weighted by molar-refractivity contribution is 0.00618. The van der Waals surface area contributed by atoms with Crippen LogP contribution >= 0.6 is 11.6 Å². The maximum Gasteiger partial charge on any atom is 0.0974 e. The molecular formula is C12H18ClNO2. The molecule has 0 spiro atoms. The summed E-state index contributed by atoms with van der Waals surface area (Å²) in [6.45, 7) is 3.00. The molecule has 1 rings (SSSR count). The van der Waals surface area contributed by atoms with Crippen molar-refractivity contribution in [1.29, 1.82) is 0 Å². The Labute approximate surface area is 101 Å². The Morgan fingerprint density at radius 2 is 2.12 bits per heavy atom. The number of halogens is 1. The van der Waals surface area contributed by atoms with Crippen molar-refractivity contribution in [3.05, 3.63) is 34.9 Å². The van der Waals surface area contributed by atoms with Crippen molar-refractivity contribution in [1.82, 2.24) is 0 Å². The van der Waals surface area contributed by atoms with Crippen LogP contribution < -0.4 is 5.73 Å². The van der Waals surface area contributed by atoms with Crippen LogP contribution in [-0.4, -0.2) is 26.4 Å². The van der Waals surface area contributed by atoms with Gasteiger partial charge in [0.15, 0.2) is 0 Å². The third-order valence-electron chi connectivity index (χ3n) is 2.24. The summed E-state index contributed by atoms with van der Waals surface area (Å²) >= 11 is 5.93. The molecule has 0 aliphatic rings. The summed E-state index contributed by atoms with van der Waals surface area (Å²) in [5, 5.41) is 0.693. The molecule has 2 N–H and O–H groups in total. The van der Waals surface area contributed by atoms with Crippen molar-refractivity contribution in [3.8, 4) is 0 Å².